The van der Waals surface area contributed by atoms with Gasteiger partial charge in [0.15, 0.2) is 5.03 Å². The first-order chi connectivity index (χ1) is 9.97. The zero-order valence-corrected chi connectivity index (χ0v) is 13.0. The molecule has 6 nitrogen and oxygen atoms in total. The second-order valence-corrected chi connectivity index (χ2v) is 7.72. The van der Waals surface area contributed by atoms with E-state index in [0.29, 0.717) is 12.1 Å². The Morgan fingerprint density at radius 2 is 2.00 bits per heavy atom. The molecule has 0 aliphatic carbocycles. The van der Waals surface area contributed by atoms with E-state index < -0.39 is 10.0 Å². The highest BCUT2D eigenvalue weighted by Crippen LogP contribution is 2.33. The van der Waals surface area contributed by atoms with E-state index in [1.54, 1.807) is 12.1 Å². The summed E-state index contributed by atoms with van der Waals surface area (Å²) in [5.41, 5.74) is 5.93. The smallest absolute Gasteiger partial charge is 0.260 e. The van der Waals surface area contributed by atoms with Crippen molar-refractivity contribution in [2.75, 3.05) is 12.8 Å². The van der Waals surface area contributed by atoms with Gasteiger partial charge in [-0.25, -0.2) is 18.1 Å². The topological polar surface area (TPSA) is 88.3 Å². The average molecular weight is 310 g/mol. The lowest BCUT2D eigenvalue weighted by atomic mass is 9.83. The molecule has 2 aliphatic rings. The van der Waals surface area contributed by atoms with Crippen molar-refractivity contribution in [1.82, 2.24) is 14.6 Å². The van der Waals surface area contributed by atoms with Gasteiger partial charge < -0.3 is 10.6 Å². The van der Waals surface area contributed by atoms with Gasteiger partial charge in [0.05, 0.1) is 5.69 Å². The van der Waals surface area contributed by atoms with Crippen LogP contribution in [0.4, 0.5) is 5.69 Å². The maximum Gasteiger partial charge on any atom is 0.260 e. The molecule has 2 unspecified atom stereocenters. The zero-order valence-electron chi connectivity index (χ0n) is 12.2. The molecular weight excluding hydrogens is 288 g/mol. The first kappa shape index (κ1) is 14.7. The lowest BCUT2D eigenvalue weighted by Gasteiger charge is -2.47. The SMILES string of the molecule is CN1C2CCCC1CC(NS(=O)(=O)c1ncccc1N)C2. The largest absolute Gasteiger partial charge is 0.396 e. The van der Waals surface area contributed by atoms with Gasteiger partial charge in [0.2, 0.25) is 0 Å². The third-order valence-electron chi connectivity index (χ3n) is 4.72. The number of fused-ring (bicyclic) bond motifs is 2. The molecule has 1 aromatic rings. The Labute approximate surface area is 125 Å². The first-order valence-corrected chi connectivity index (χ1v) is 8.90. The van der Waals surface area contributed by atoms with E-state index in [4.69, 9.17) is 5.73 Å². The predicted molar refractivity (Wildman–Crippen MR) is 81.2 cm³/mol. The van der Waals surface area contributed by atoms with Gasteiger partial charge in [0.25, 0.3) is 10.0 Å². The van der Waals surface area contributed by atoms with E-state index in [-0.39, 0.29) is 16.8 Å². The van der Waals surface area contributed by atoms with Crippen molar-refractivity contribution >= 4 is 15.7 Å². The minimum Gasteiger partial charge on any atom is -0.396 e. The van der Waals surface area contributed by atoms with E-state index in [1.165, 1.54) is 12.6 Å². The lowest BCUT2D eigenvalue weighted by Crippen LogP contribution is -2.55. The Bertz CT molecular complexity index is 605. The van der Waals surface area contributed by atoms with Gasteiger partial charge in [-0.3, -0.25) is 0 Å². The Hall–Kier alpha value is -1.18. The van der Waals surface area contributed by atoms with Gasteiger partial charge in [-0.2, -0.15) is 0 Å². The van der Waals surface area contributed by atoms with Gasteiger partial charge in [0.1, 0.15) is 0 Å². The summed E-state index contributed by atoms with van der Waals surface area (Å²) in [7, 11) is -1.49. The molecule has 2 aliphatic heterocycles. The van der Waals surface area contributed by atoms with Crippen LogP contribution < -0.4 is 10.5 Å². The standard InChI is InChI=1S/C14H22N4O2S/c1-18-11-4-2-5-12(18)9-10(8-11)17-21(19,20)14-13(15)6-3-7-16-14/h3,6-7,10-12,17H,2,4-5,8-9,15H2,1H3. The zero-order chi connectivity index (χ0) is 15.0. The Morgan fingerprint density at radius 3 is 2.62 bits per heavy atom. The van der Waals surface area contributed by atoms with Gasteiger partial charge in [-0.05, 0) is 44.9 Å². The maximum atomic E-state index is 12.5. The van der Waals surface area contributed by atoms with Crippen LogP contribution in [0.15, 0.2) is 23.4 Å². The molecule has 7 heteroatoms. The molecule has 2 atom stereocenters. The van der Waals surface area contributed by atoms with Crippen LogP contribution in [0.2, 0.25) is 0 Å². The highest BCUT2D eigenvalue weighted by Gasteiger charge is 2.37. The van der Waals surface area contributed by atoms with Crippen molar-refractivity contribution in [1.29, 1.82) is 0 Å². The van der Waals surface area contributed by atoms with Crippen LogP contribution >= 0.6 is 0 Å². The summed E-state index contributed by atoms with van der Waals surface area (Å²) in [5.74, 6) is 0. The van der Waals surface area contributed by atoms with Crippen molar-refractivity contribution in [3.63, 3.8) is 0 Å². The molecule has 0 spiro atoms. The van der Waals surface area contributed by atoms with Crippen molar-refractivity contribution in [3.05, 3.63) is 18.3 Å². The van der Waals surface area contributed by atoms with E-state index >= 15 is 0 Å². The second kappa shape index (κ2) is 5.55. The summed E-state index contributed by atoms with van der Waals surface area (Å²) in [6, 6.07) is 4.12. The summed E-state index contributed by atoms with van der Waals surface area (Å²) in [6.07, 6.45) is 6.71. The van der Waals surface area contributed by atoms with Crippen LogP contribution in [-0.4, -0.2) is 43.5 Å². The summed E-state index contributed by atoms with van der Waals surface area (Å²) < 4.78 is 27.7. The summed E-state index contributed by atoms with van der Waals surface area (Å²) >= 11 is 0. The molecule has 2 bridgehead atoms. The number of sulfonamides is 1. The lowest BCUT2D eigenvalue weighted by molar-refractivity contribution is 0.0536. The number of aromatic nitrogens is 1. The monoisotopic (exact) mass is 310 g/mol. The summed E-state index contributed by atoms with van der Waals surface area (Å²) in [5, 5.41) is -0.0610. The van der Waals surface area contributed by atoms with Crippen LogP contribution in [0.25, 0.3) is 0 Å². The number of pyridine rings is 1. The molecule has 2 saturated heterocycles. The number of nitrogens with one attached hydrogen (secondary N) is 1. The van der Waals surface area contributed by atoms with Crippen LogP contribution in [0, 0.1) is 0 Å². The number of anilines is 1. The minimum atomic E-state index is -3.64. The van der Waals surface area contributed by atoms with Gasteiger partial charge >= 0.3 is 0 Å². The van der Waals surface area contributed by atoms with E-state index in [9.17, 15) is 8.42 Å². The summed E-state index contributed by atoms with van der Waals surface area (Å²) in [4.78, 5) is 6.32. The number of nitrogens with zero attached hydrogens (tertiary/aromatic N) is 2. The van der Waals surface area contributed by atoms with Crippen molar-refractivity contribution in [2.24, 2.45) is 0 Å². The predicted octanol–water partition coefficient (Wildman–Crippen LogP) is 0.957. The van der Waals surface area contributed by atoms with Crippen LogP contribution in [-0.2, 0) is 10.0 Å². The van der Waals surface area contributed by atoms with E-state index in [2.05, 4.69) is 21.7 Å². The van der Waals surface area contributed by atoms with Gasteiger partial charge in [-0.15, -0.1) is 0 Å². The molecule has 3 N–H and O–H groups in total. The molecule has 2 fully saturated rings. The van der Waals surface area contributed by atoms with Crippen molar-refractivity contribution in [2.45, 2.75) is 55.3 Å². The van der Waals surface area contributed by atoms with E-state index in [1.807, 2.05) is 0 Å². The number of hydrogen-bond donors (Lipinski definition) is 2. The minimum absolute atomic E-state index is 0.0251. The quantitative estimate of drug-likeness (QED) is 0.868. The molecule has 3 rings (SSSR count). The van der Waals surface area contributed by atoms with Crippen LogP contribution in [0.3, 0.4) is 0 Å². The molecule has 0 radical (unpaired) electrons. The number of nitrogens with two attached hydrogens (primary N) is 1. The van der Waals surface area contributed by atoms with Crippen molar-refractivity contribution in [3.8, 4) is 0 Å². The molecule has 0 amide bonds. The van der Waals surface area contributed by atoms with Gasteiger partial charge in [0, 0.05) is 24.3 Å². The summed E-state index contributed by atoms with van der Waals surface area (Å²) in [6.45, 7) is 0. The second-order valence-electron chi connectivity index (χ2n) is 6.09. The third kappa shape index (κ3) is 2.90. The maximum absolute atomic E-state index is 12.5. The molecule has 0 aromatic carbocycles. The average Bonchev–Trinajstić information content (AvgIpc) is 2.40. The molecule has 3 heterocycles. The number of hydrogen-bond acceptors (Lipinski definition) is 5. The fraction of sp³-hybridized carbons (Fsp3) is 0.643. The Morgan fingerprint density at radius 1 is 1.33 bits per heavy atom. The van der Waals surface area contributed by atoms with E-state index in [0.717, 1.165) is 25.7 Å². The first-order valence-electron chi connectivity index (χ1n) is 7.42. The molecule has 116 valence electrons. The molecular formula is C14H22N4O2S. The fourth-order valence-corrected chi connectivity index (χ4v) is 4.94. The van der Waals surface area contributed by atoms with Crippen LogP contribution in [0.5, 0.6) is 0 Å². The normalized spacial score (nSPS) is 30.2. The number of rotatable bonds is 3. The highest BCUT2D eigenvalue weighted by atomic mass is 32.2. The number of piperidine rings is 2. The molecule has 1 aromatic heterocycles. The fourth-order valence-electron chi connectivity index (χ4n) is 3.62. The molecule has 0 saturated carbocycles. The van der Waals surface area contributed by atoms with Crippen LogP contribution in [0.1, 0.15) is 32.1 Å². The third-order valence-corrected chi connectivity index (χ3v) is 6.21. The Balaban J connectivity index is 1.76. The molecule has 21 heavy (non-hydrogen) atoms. The Kier molecular flexibility index (Phi) is 3.90. The van der Waals surface area contributed by atoms with Gasteiger partial charge in [-0.1, -0.05) is 6.42 Å². The van der Waals surface area contributed by atoms with Crippen molar-refractivity contribution < 1.29 is 8.42 Å². The number of nitrogen functional groups attached to an aromatic ring is 1. The highest BCUT2D eigenvalue weighted by molar-refractivity contribution is 7.89.